The maximum atomic E-state index is 13.3. The van der Waals surface area contributed by atoms with Gasteiger partial charge in [0, 0.05) is 6.07 Å². The highest BCUT2D eigenvalue weighted by molar-refractivity contribution is 5.36. The molecule has 0 bridgehead atoms. The molecule has 17 heavy (non-hydrogen) atoms. The van der Waals surface area contributed by atoms with E-state index in [1.807, 2.05) is 0 Å². The minimum absolute atomic E-state index is 0.0217. The molecule has 0 N–H and O–H groups in total. The number of hydrogen-bond acceptors (Lipinski definition) is 1. The van der Waals surface area contributed by atoms with Crippen LogP contribution in [0.2, 0.25) is 0 Å². The van der Waals surface area contributed by atoms with Gasteiger partial charge >= 0.3 is 0 Å². The monoisotopic (exact) mass is 237 g/mol. The van der Waals surface area contributed by atoms with Gasteiger partial charge in [0.15, 0.2) is 23.2 Å². The Hall–Kier alpha value is -1.97. The molecule has 0 saturated carbocycles. The highest BCUT2D eigenvalue weighted by atomic mass is 19.2. The van der Waals surface area contributed by atoms with Crippen LogP contribution in [0.15, 0.2) is 36.4 Å². The van der Waals surface area contributed by atoms with Gasteiger partial charge in [-0.25, -0.2) is 13.2 Å². The number of hydrogen-bond donors (Lipinski definition) is 0. The smallest absolute Gasteiger partial charge is 0.165 e. The molecule has 2 rings (SSSR count). The Morgan fingerprint density at radius 3 is 2.24 bits per heavy atom. The van der Waals surface area contributed by atoms with Gasteiger partial charge in [-0.3, -0.25) is 0 Å². The predicted molar refractivity (Wildman–Crippen MR) is 57.3 cm³/mol. The molecule has 0 aliphatic carbocycles. The average Bonchev–Trinajstić information content (AvgIpc) is 2.29. The third-order valence-corrected chi connectivity index (χ3v) is 2.11. The average molecular weight is 237 g/mol. The second kappa shape index (κ2) is 4.49. The number of halogens is 3. The maximum Gasteiger partial charge on any atom is 0.165 e. The van der Waals surface area contributed by atoms with Gasteiger partial charge in [0.25, 0.3) is 0 Å². The zero-order chi connectivity index (χ0) is 12.4. The third kappa shape index (κ3) is 2.58. The minimum Gasteiger partial charge on any atom is -0.454 e. The third-order valence-electron chi connectivity index (χ3n) is 2.11. The number of ether oxygens (including phenoxy) is 1. The van der Waals surface area contributed by atoms with Gasteiger partial charge in [-0.1, -0.05) is 6.07 Å². The summed E-state index contributed by atoms with van der Waals surface area (Å²) in [6, 6.07) is 7.02. The Balaban J connectivity index is 2.31. The van der Waals surface area contributed by atoms with E-state index in [2.05, 4.69) is 6.92 Å². The van der Waals surface area contributed by atoms with Crippen LogP contribution in [0, 0.1) is 24.4 Å². The van der Waals surface area contributed by atoms with Crippen LogP contribution in [0.3, 0.4) is 0 Å². The molecule has 0 aliphatic rings. The normalized spacial score (nSPS) is 10.4. The standard InChI is InChI=1S/C13H8F3O/c1-8-2-4-11(15)13(6-8)17-9-3-5-10(14)12(16)7-9/h2-7H,1H2. The Bertz CT molecular complexity index is 552. The molecular formula is C13H8F3O. The van der Waals surface area contributed by atoms with Gasteiger partial charge in [-0.2, -0.15) is 0 Å². The lowest BCUT2D eigenvalue weighted by Gasteiger charge is -2.07. The van der Waals surface area contributed by atoms with Gasteiger partial charge in [0.05, 0.1) is 0 Å². The van der Waals surface area contributed by atoms with Crippen LogP contribution in [-0.4, -0.2) is 0 Å². The van der Waals surface area contributed by atoms with Crippen molar-refractivity contribution in [2.45, 2.75) is 0 Å². The molecule has 0 heterocycles. The fourth-order valence-electron chi connectivity index (χ4n) is 1.29. The topological polar surface area (TPSA) is 9.23 Å². The van der Waals surface area contributed by atoms with E-state index in [1.54, 1.807) is 0 Å². The summed E-state index contributed by atoms with van der Waals surface area (Å²) in [4.78, 5) is 0. The van der Waals surface area contributed by atoms with Crippen molar-refractivity contribution in [3.05, 3.63) is 66.3 Å². The summed E-state index contributed by atoms with van der Waals surface area (Å²) < 4.78 is 44.0. The second-order valence-electron chi connectivity index (χ2n) is 3.44. The summed E-state index contributed by atoms with van der Waals surface area (Å²) >= 11 is 0. The van der Waals surface area contributed by atoms with Crippen LogP contribution in [0.4, 0.5) is 13.2 Å². The van der Waals surface area contributed by atoms with Crippen LogP contribution < -0.4 is 4.74 Å². The van der Waals surface area contributed by atoms with Crippen molar-refractivity contribution in [2.24, 2.45) is 0 Å². The van der Waals surface area contributed by atoms with Crippen molar-refractivity contribution in [1.29, 1.82) is 0 Å². The first-order valence-electron chi connectivity index (χ1n) is 4.80. The van der Waals surface area contributed by atoms with E-state index in [4.69, 9.17) is 4.74 Å². The molecule has 0 amide bonds. The first kappa shape index (κ1) is 11.5. The zero-order valence-corrected chi connectivity index (χ0v) is 8.71. The summed E-state index contributed by atoms with van der Waals surface area (Å²) in [6.07, 6.45) is 0. The molecule has 1 radical (unpaired) electrons. The van der Waals surface area contributed by atoms with E-state index in [-0.39, 0.29) is 11.5 Å². The molecule has 2 aromatic rings. The molecule has 4 heteroatoms. The molecule has 0 aliphatic heterocycles. The van der Waals surface area contributed by atoms with Crippen molar-refractivity contribution in [3.8, 4) is 11.5 Å². The van der Waals surface area contributed by atoms with Crippen molar-refractivity contribution < 1.29 is 17.9 Å². The lowest BCUT2D eigenvalue weighted by atomic mass is 10.2. The van der Waals surface area contributed by atoms with Gasteiger partial charge in [-0.15, -0.1) is 0 Å². The summed E-state index contributed by atoms with van der Waals surface area (Å²) in [7, 11) is 0. The van der Waals surface area contributed by atoms with E-state index < -0.39 is 17.5 Å². The molecule has 0 saturated heterocycles. The lowest BCUT2D eigenvalue weighted by molar-refractivity contribution is 0.432. The van der Waals surface area contributed by atoms with Crippen LogP contribution in [0.1, 0.15) is 5.56 Å². The zero-order valence-electron chi connectivity index (χ0n) is 8.71. The second-order valence-corrected chi connectivity index (χ2v) is 3.44. The highest BCUT2D eigenvalue weighted by Gasteiger charge is 2.07. The maximum absolute atomic E-state index is 13.3. The van der Waals surface area contributed by atoms with Crippen LogP contribution in [0.25, 0.3) is 0 Å². The molecule has 0 atom stereocenters. The van der Waals surface area contributed by atoms with Crippen molar-refractivity contribution in [3.63, 3.8) is 0 Å². The summed E-state index contributed by atoms with van der Waals surface area (Å²) in [5.41, 5.74) is 0.559. The van der Waals surface area contributed by atoms with Crippen molar-refractivity contribution >= 4 is 0 Å². The fourth-order valence-corrected chi connectivity index (χ4v) is 1.29. The largest absolute Gasteiger partial charge is 0.454 e. The van der Waals surface area contributed by atoms with Gasteiger partial charge in [0.1, 0.15) is 5.75 Å². The Kier molecular flexibility index (Phi) is 3.04. The van der Waals surface area contributed by atoms with E-state index in [1.165, 1.54) is 24.3 Å². The first-order chi connectivity index (χ1) is 8.06. The van der Waals surface area contributed by atoms with Gasteiger partial charge < -0.3 is 4.74 Å². The van der Waals surface area contributed by atoms with Gasteiger partial charge in [0.2, 0.25) is 0 Å². The SMILES string of the molecule is [CH2]c1ccc(F)c(Oc2ccc(F)c(F)c2)c1. The summed E-state index contributed by atoms with van der Waals surface area (Å²) in [5.74, 6) is -2.68. The predicted octanol–water partition coefficient (Wildman–Crippen LogP) is 4.08. The minimum atomic E-state index is -1.05. The molecule has 0 spiro atoms. The molecule has 0 aromatic heterocycles. The number of rotatable bonds is 2. The Labute approximate surface area is 96.5 Å². The van der Waals surface area contributed by atoms with Crippen LogP contribution >= 0.6 is 0 Å². The molecule has 2 aromatic carbocycles. The van der Waals surface area contributed by atoms with Gasteiger partial charge in [-0.05, 0) is 36.8 Å². The summed E-state index contributed by atoms with van der Waals surface area (Å²) in [6.45, 7) is 3.61. The van der Waals surface area contributed by atoms with Crippen LogP contribution in [0.5, 0.6) is 11.5 Å². The lowest BCUT2D eigenvalue weighted by Crippen LogP contribution is -1.91. The van der Waals surface area contributed by atoms with E-state index in [0.717, 1.165) is 12.1 Å². The molecular weight excluding hydrogens is 229 g/mol. The molecule has 0 unspecified atom stereocenters. The quantitative estimate of drug-likeness (QED) is 0.764. The van der Waals surface area contributed by atoms with Crippen molar-refractivity contribution in [2.75, 3.05) is 0 Å². The Morgan fingerprint density at radius 1 is 0.824 bits per heavy atom. The van der Waals surface area contributed by atoms with E-state index >= 15 is 0 Å². The van der Waals surface area contributed by atoms with Crippen LogP contribution in [-0.2, 0) is 0 Å². The van der Waals surface area contributed by atoms with E-state index in [0.29, 0.717) is 5.56 Å². The van der Waals surface area contributed by atoms with E-state index in [9.17, 15) is 13.2 Å². The highest BCUT2D eigenvalue weighted by Crippen LogP contribution is 2.26. The summed E-state index contributed by atoms with van der Waals surface area (Å²) in [5, 5.41) is 0. The number of benzene rings is 2. The molecule has 1 nitrogen and oxygen atoms in total. The van der Waals surface area contributed by atoms with Crippen molar-refractivity contribution in [1.82, 2.24) is 0 Å². The first-order valence-corrected chi connectivity index (χ1v) is 4.80. The fraction of sp³-hybridized carbons (Fsp3) is 0. The Morgan fingerprint density at radius 2 is 1.53 bits per heavy atom. The molecule has 87 valence electrons. The molecule has 0 fully saturated rings.